The molecule has 1 amide bonds. The minimum Gasteiger partial charge on any atom is -0.364 e. The Kier molecular flexibility index (Phi) is 4.50. The van der Waals surface area contributed by atoms with Gasteiger partial charge in [-0.15, -0.1) is 0 Å². The Morgan fingerprint density at radius 3 is 2.46 bits per heavy atom. The molecule has 0 spiro atoms. The highest BCUT2D eigenvalue weighted by molar-refractivity contribution is 5.90. The van der Waals surface area contributed by atoms with E-state index >= 15 is 0 Å². The number of nitrogens with zero attached hydrogens (tertiary/aromatic N) is 4. The van der Waals surface area contributed by atoms with Crippen molar-refractivity contribution >= 4 is 22.5 Å². The molecule has 1 aliphatic heterocycles. The van der Waals surface area contributed by atoms with Crippen LogP contribution < -0.4 is 10.6 Å². The van der Waals surface area contributed by atoms with Gasteiger partial charge in [0.05, 0.1) is 12.4 Å². The zero-order chi connectivity index (χ0) is 17.9. The fourth-order valence-corrected chi connectivity index (χ4v) is 3.42. The van der Waals surface area contributed by atoms with E-state index in [1.807, 2.05) is 0 Å². The standard InChI is InChI=1S/C20H21N5O/c21-20(26)18-12-23-19(13-22-18)25-10-8-24(9-11-25)14-16-6-3-5-15-4-1-2-7-17(15)16/h1-7,12-13H,8-11,14H2,(H2,21,26). The topological polar surface area (TPSA) is 75.4 Å². The maximum atomic E-state index is 11.1. The zero-order valence-electron chi connectivity index (χ0n) is 14.5. The number of amides is 1. The molecule has 4 rings (SSSR count). The summed E-state index contributed by atoms with van der Waals surface area (Å²) in [5, 5.41) is 2.61. The number of nitrogens with two attached hydrogens (primary N) is 1. The normalized spacial score (nSPS) is 15.3. The van der Waals surface area contributed by atoms with Crippen LogP contribution in [0.15, 0.2) is 54.9 Å². The lowest BCUT2D eigenvalue weighted by Crippen LogP contribution is -2.46. The molecule has 1 aliphatic rings. The van der Waals surface area contributed by atoms with Crippen LogP contribution in [0.3, 0.4) is 0 Å². The molecule has 0 bridgehead atoms. The van der Waals surface area contributed by atoms with Crippen LogP contribution in [0, 0.1) is 0 Å². The van der Waals surface area contributed by atoms with Gasteiger partial charge in [-0.05, 0) is 16.3 Å². The van der Waals surface area contributed by atoms with Crippen LogP contribution >= 0.6 is 0 Å². The van der Waals surface area contributed by atoms with Gasteiger partial charge >= 0.3 is 0 Å². The van der Waals surface area contributed by atoms with E-state index in [-0.39, 0.29) is 5.69 Å². The second-order valence-electron chi connectivity index (χ2n) is 6.53. The van der Waals surface area contributed by atoms with Crippen LogP contribution in [0.25, 0.3) is 10.8 Å². The van der Waals surface area contributed by atoms with Gasteiger partial charge in [-0.25, -0.2) is 9.97 Å². The molecule has 2 heterocycles. The molecule has 0 saturated carbocycles. The van der Waals surface area contributed by atoms with E-state index in [9.17, 15) is 4.79 Å². The summed E-state index contributed by atoms with van der Waals surface area (Å²) >= 11 is 0. The molecular formula is C20H21N5O. The summed E-state index contributed by atoms with van der Waals surface area (Å²) in [5.74, 6) is 0.240. The Labute approximate surface area is 152 Å². The van der Waals surface area contributed by atoms with E-state index in [0.717, 1.165) is 38.5 Å². The van der Waals surface area contributed by atoms with Gasteiger partial charge in [0.2, 0.25) is 0 Å². The number of piperazine rings is 1. The first-order valence-electron chi connectivity index (χ1n) is 8.76. The van der Waals surface area contributed by atoms with Gasteiger partial charge in [0.1, 0.15) is 11.5 Å². The summed E-state index contributed by atoms with van der Waals surface area (Å²) in [7, 11) is 0. The number of hydrogen-bond acceptors (Lipinski definition) is 5. The summed E-state index contributed by atoms with van der Waals surface area (Å²) in [6.07, 6.45) is 3.07. The molecule has 2 N–H and O–H groups in total. The van der Waals surface area contributed by atoms with E-state index in [1.54, 1.807) is 6.20 Å². The maximum Gasteiger partial charge on any atom is 0.268 e. The number of carbonyl (C=O) groups is 1. The number of primary amides is 1. The van der Waals surface area contributed by atoms with Gasteiger partial charge in [-0.2, -0.15) is 0 Å². The lowest BCUT2D eigenvalue weighted by atomic mass is 10.0. The summed E-state index contributed by atoms with van der Waals surface area (Å²) in [5.41, 5.74) is 6.77. The molecule has 0 atom stereocenters. The lowest BCUT2D eigenvalue weighted by Gasteiger charge is -2.35. The van der Waals surface area contributed by atoms with Crippen LogP contribution in [0.1, 0.15) is 16.1 Å². The van der Waals surface area contributed by atoms with Crippen LogP contribution in [-0.4, -0.2) is 47.0 Å². The lowest BCUT2D eigenvalue weighted by molar-refractivity contribution is 0.0995. The molecule has 0 radical (unpaired) electrons. The molecule has 1 saturated heterocycles. The first-order chi connectivity index (χ1) is 12.7. The maximum absolute atomic E-state index is 11.1. The fraction of sp³-hybridized carbons (Fsp3) is 0.250. The smallest absolute Gasteiger partial charge is 0.268 e. The number of benzene rings is 2. The molecule has 2 aromatic carbocycles. The third kappa shape index (κ3) is 3.36. The molecule has 132 valence electrons. The predicted molar refractivity (Wildman–Crippen MR) is 102 cm³/mol. The number of rotatable bonds is 4. The largest absolute Gasteiger partial charge is 0.364 e. The van der Waals surface area contributed by atoms with Crippen LogP contribution in [0.2, 0.25) is 0 Å². The van der Waals surface area contributed by atoms with Gasteiger partial charge in [0.25, 0.3) is 5.91 Å². The van der Waals surface area contributed by atoms with Crippen molar-refractivity contribution in [1.29, 1.82) is 0 Å². The highest BCUT2D eigenvalue weighted by Crippen LogP contribution is 2.21. The van der Waals surface area contributed by atoms with Crippen molar-refractivity contribution in [3.63, 3.8) is 0 Å². The second kappa shape index (κ2) is 7.09. The van der Waals surface area contributed by atoms with Crippen LogP contribution in [0.5, 0.6) is 0 Å². The van der Waals surface area contributed by atoms with E-state index in [4.69, 9.17) is 5.73 Å². The van der Waals surface area contributed by atoms with Crippen molar-refractivity contribution in [2.75, 3.05) is 31.1 Å². The Morgan fingerprint density at radius 1 is 0.962 bits per heavy atom. The van der Waals surface area contributed by atoms with Crippen molar-refractivity contribution in [3.8, 4) is 0 Å². The number of carbonyl (C=O) groups excluding carboxylic acids is 1. The molecular weight excluding hydrogens is 326 g/mol. The van der Waals surface area contributed by atoms with Crippen LogP contribution in [-0.2, 0) is 6.54 Å². The average Bonchev–Trinajstić information content (AvgIpc) is 2.69. The first kappa shape index (κ1) is 16.5. The minimum atomic E-state index is -0.552. The Balaban J connectivity index is 1.41. The average molecular weight is 347 g/mol. The van der Waals surface area contributed by atoms with Crippen molar-refractivity contribution in [2.45, 2.75) is 6.54 Å². The van der Waals surface area contributed by atoms with E-state index in [2.05, 4.69) is 62.2 Å². The van der Waals surface area contributed by atoms with E-state index in [0.29, 0.717) is 0 Å². The van der Waals surface area contributed by atoms with Crippen LogP contribution in [0.4, 0.5) is 5.82 Å². The highest BCUT2D eigenvalue weighted by Gasteiger charge is 2.19. The zero-order valence-corrected chi connectivity index (χ0v) is 14.5. The van der Waals surface area contributed by atoms with Gasteiger partial charge in [-0.1, -0.05) is 42.5 Å². The SMILES string of the molecule is NC(=O)c1cnc(N2CCN(Cc3cccc4ccccc34)CC2)cn1. The number of anilines is 1. The van der Waals surface area contributed by atoms with E-state index in [1.165, 1.54) is 22.5 Å². The predicted octanol–water partition coefficient (Wildman–Crippen LogP) is 2.05. The summed E-state index contributed by atoms with van der Waals surface area (Å²) in [4.78, 5) is 24.2. The van der Waals surface area contributed by atoms with Crippen molar-refractivity contribution in [2.24, 2.45) is 5.73 Å². The first-order valence-corrected chi connectivity index (χ1v) is 8.76. The van der Waals surface area contributed by atoms with E-state index < -0.39 is 5.91 Å². The van der Waals surface area contributed by atoms with Gasteiger partial charge in [0, 0.05) is 32.7 Å². The highest BCUT2D eigenvalue weighted by atomic mass is 16.1. The molecule has 6 heteroatoms. The Bertz CT molecular complexity index is 912. The molecule has 0 aliphatic carbocycles. The third-order valence-electron chi connectivity index (χ3n) is 4.86. The molecule has 26 heavy (non-hydrogen) atoms. The molecule has 1 aromatic heterocycles. The second-order valence-corrected chi connectivity index (χ2v) is 6.53. The molecule has 6 nitrogen and oxygen atoms in total. The Hall–Kier alpha value is -2.99. The van der Waals surface area contributed by atoms with Crippen molar-refractivity contribution < 1.29 is 4.79 Å². The van der Waals surface area contributed by atoms with Crippen molar-refractivity contribution in [3.05, 3.63) is 66.1 Å². The van der Waals surface area contributed by atoms with Gasteiger partial charge < -0.3 is 10.6 Å². The number of fused-ring (bicyclic) bond motifs is 1. The van der Waals surface area contributed by atoms with Gasteiger partial charge in [-0.3, -0.25) is 9.69 Å². The summed E-state index contributed by atoms with van der Waals surface area (Å²) in [6, 6.07) is 15.0. The summed E-state index contributed by atoms with van der Waals surface area (Å²) < 4.78 is 0. The number of hydrogen-bond donors (Lipinski definition) is 1. The quantitative estimate of drug-likeness (QED) is 0.782. The van der Waals surface area contributed by atoms with Crippen molar-refractivity contribution in [1.82, 2.24) is 14.9 Å². The molecule has 1 fully saturated rings. The Morgan fingerprint density at radius 2 is 1.73 bits per heavy atom. The minimum absolute atomic E-state index is 0.198. The number of aromatic nitrogens is 2. The monoisotopic (exact) mass is 347 g/mol. The third-order valence-corrected chi connectivity index (χ3v) is 4.86. The van der Waals surface area contributed by atoms with Gasteiger partial charge in [0.15, 0.2) is 0 Å². The molecule has 0 unspecified atom stereocenters. The fourth-order valence-electron chi connectivity index (χ4n) is 3.42. The summed E-state index contributed by atoms with van der Waals surface area (Å²) in [6.45, 7) is 4.64. The molecule has 3 aromatic rings.